The normalized spacial score (nSPS) is 19.3. The van der Waals surface area contributed by atoms with Gasteiger partial charge in [0, 0.05) is 11.8 Å². The summed E-state index contributed by atoms with van der Waals surface area (Å²) >= 11 is 0. The van der Waals surface area contributed by atoms with E-state index in [0.717, 1.165) is 0 Å². The second-order valence-corrected chi connectivity index (χ2v) is 13.8. The van der Waals surface area contributed by atoms with E-state index in [1.54, 1.807) is 27.8 Å². The van der Waals surface area contributed by atoms with Gasteiger partial charge in [0.1, 0.15) is 0 Å². The van der Waals surface area contributed by atoms with Crippen molar-refractivity contribution < 1.29 is 0 Å². The molecule has 0 radical (unpaired) electrons. The van der Waals surface area contributed by atoms with Crippen molar-refractivity contribution in [3.63, 3.8) is 0 Å². The monoisotopic (exact) mass is 534 g/mol. The molecule has 0 fully saturated rings. The predicted octanol–water partition coefficient (Wildman–Crippen LogP) is 11.2. The second-order valence-electron chi connectivity index (χ2n) is 13.8. The molecule has 0 aromatic heterocycles. The van der Waals surface area contributed by atoms with E-state index in [1.165, 1.54) is 74.9 Å². The van der Waals surface area contributed by atoms with Crippen molar-refractivity contribution in [3.05, 3.63) is 128 Å². The Morgan fingerprint density at radius 3 is 2.07 bits per heavy atom. The number of fused-ring (bicyclic) bond motifs is 3. The van der Waals surface area contributed by atoms with E-state index in [2.05, 4.69) is 127 Å². The molecule has 0 amide bonds. The lowest BCUT2D eigenvalue weighted by atomic mass is 9.74. The van der Waals surface area contributed by atoms with Crippen molar-refractivity contribution in [2.45, 2.75) is 85.0 Å². The average Bonchev–Trinajstić information content (AvgIpc) is 3.64. The van der Waals surface area contributed by atoms with Crippen molar-refractivity contribution >= 4 is 11.6 Å². The molecule has 3 aliphatic carbocycles. The molecule has 41 heavy (non-hydrogen) atoms. The maximum absolute atomic E-state index is 2.49. The molecular formula is C41H42. The van der Waals surface area contributed by atoms with E-state index in [1.807, 2.05) is 0 Å². The van der Waals surface area contributed by atoms with Crippen LogP contribution in [0.1, 0.15) is 104 Å². The van der Waals surface area contributed by atoms with E-state index in [4.69, 9.17) is 0 Å². The van der Waals surface area contributed by atoms with Gasteiger partial charge < -0.3 is 0 Å². The van der Waals surface area contributed by atoms with Gasteiger partial charge in [-0.15, -0.1) is 0 Å². The molecule has 0 saturated carbocycles. The Morgan fingerprint density at radius 2 is 1.37 bits per heavy atom. The summed E-state index contributed by atoms with van der Waals surface area (Å²) < 4.78 is 0. The summed E-state index contributed by atoms with van der Waals surface area (Å²) in [5, 5.41) is 0. The molecule has 4 aromatic carbocycles. The molecule has 0 bridgehead atoms. The number of allylic oxidation sites excluding steroid dienone is 3. The van der Waals surface area contributed by atoms with Gasteiger partial charge in [0.2, 0.25) is 0 Å². The summed E-state index contributed by atoms with van der Waals surface area (Å²) in [4.78, 5) is 0. The molecule has 206 valence electrons. The zero-order valence-corrected chi connectivity index (χ0v) is 25.8. The number of hydrogen-bond acceptors (Lipinski definition) is 0. The minimum atomic E-state index is 0.160. The van der Waals surface area contributed by atoms with E-state index in [-0.39, 0.29) is 5.41 Å². The Labute approximate surface area is 246 Å². The van der Waals surface area contributed by atoms with Gasteiger partial charge in [0.25, 0.3) is 0 Å². The van der Waals surface area contributed by atoms with Crippen LogP contribution in [0, 0.1) is 6.92 Å². The molecule has 0 N–H and O–H groups in total. The van der Waals surface area contributed by atoms with Crippen molar-refractivity contribution in [1.29, 1.82) is 0 Å². The van der Waals surface area contributed by atoms with Crippen molar-refractivity contribution in [2.75, 3.05) is 0 Å². The first-order chi connectivity index (χ1) is 19.7. The second kappa shape index (κ2) is 9.45. The zero-order valence-electron chi connectivity index (χ0n) is 25.8. The topological polar surface area (TPSA) is 0 Å². The van der Waals surface area contributed by atoms with Crippen LogP contribution >= 0.6 is 0 Å². The highest BCUT2D eigenvalue weighted by Gasteiger charge is 2.42. The summed E-state index contributed by atoms with van der Waals surface area (Å²) in [7, 11) is 0. The fraction of sp³-hybridized carbons (Fsp3) is 0.317. The highest BCUT2D eigenvalue weighted by Crippen LogP contribution is 2.59. The van der Waals surface area contributed by atoms with Crippen molar-refractivity contribution in [1.82, 2.24) is 0 Å². The predicted molar refractivity (Wildman–Crippen MR) is 177 cm³/mol. The Bertz CT molecular complexity index is 1750. The van der Waals surface area contributed by atoms with Crippen LogP contribution in [0.3, 0.4) is 0 Å². The summed E-state index contributed by atoms with van der Waals surface area (Å²) in [5.74, 6) is 0.756. The summed E-state index contributed by atoms with van der Waals surface area (Å²) in [6.07, 6.45) is 6.18. The Balaban J connectivity index is 1.40. The Hall–Kier alpha value is -3.64. The first-order valence-corrected chi connectivity index (χ1v) is 15.5. The van der Waals surface area contributed by atoms with Crippen LogP contribution in [0.2, 0.25) is 0 Å². The van der Waals surface area contributed by atoms with Crippen LogP contribution in [0.5, 0.6) is 0 Å². The third-order valence-corrected chi connectivity index (χ3v) is 10.4. The van der Waals surface area contributed by atoms with E-state index in [0.29, 0.717) is 11.8 Å². The molecule has 3 aliphatic rings. The molecule has 0 aliphatic heterocycles. The third kappa shape index (κ3) is 3.94. The third-order valence-electron chi connectivity index (χ3n) is 10.4. The maximum Gasteiger partial charge on any atom is 0.0167 e. The molecular weight excluding hydrogens is 492 g/mol. The van der Waals surface area contributed by atoms with E-state index in [9.17, 15) is 0 Å². The van der Waals surface area contributed by atoms with Gasteiger partial charge in [-0.05, 0) is 125 Å². The highest BCUT2D eigenvalue weighted by atomic mass is 14.4. The zero-order chi connectivity index (χ0) is 28.6. The lowest BCUT2D eigenvalue weighted by Gasteiger charge is -2.29. The minimum Gasteiger partial charge on any atom is -0.0642 e. The molecule has 0 heterocycles. The van der Waals surface area contributed by atoms with Gasteiger partial charge in [0.15, 0.2) is 0 Å². The van der Waals surface area contributed by atoms with Crippen LogP contribution in [-0.2, 0) is 18.3 Å². The molecule has 7 rings (SSSR count). The standard InChI is InChI=1S/C41H42/c1-24-23-35-32(28-19-21-30(22-20-28)41(5,6)7)16-12-18-34(35)36(24)37-25(2)26(3)38-39(37)27(4)31-15-11-17-33(31)40(38)29-13-9-8-10-14-29/h8-10,12-14,16,18-23,36-37H,11,15,17H2,1-7H3. The molecule has 2 unspecified atom stereocenters. The van der Waals surface area contributed by atoms with Crippen molar-refractivity contribution in [2.24, 2.45) is 0 Å². The number of hydrogen-bond donors (Lipinski definition) is 0. The van der Waals surface area contributed by atoms with Crippen LogP contribution < -0.4 is 0 Å². The quantitative estimate of drug-likeness (QED) is 0.245. The number of benzene rings is 4. The highest BCUT2D eigenvalue weighted by molar-refractivity contribution is 5.93. The fourth-order valence-corrected chi connectivity index (χ4v) is 8.26. The van der Waals surface area contributed by atoms with E-state index >= 15 is 0 Å². The summed E-state index contributed by atoms with van der Waals surface area (Å²) in [6, 6.07) is 27.5. The molecule has 2 atom stereocenters. The average molecular weight is 535 g/mol. The minimum absolute atomic E-state index is 0.160. The van der Waals surface area contributed by atoms with Gasteiger partial charge >= 0.3 is 0 Å². The van der Waals surface area contributed by atoms with Gasteiger partial charge in [-0.25, -0.2) is 0 Å². The number of rotatable bonds is 3. The molecule has 4 aromatic rings. The smallest absolute Gasteiger partial charge is 0.0167 e. The lowest BCUT2D eigenvalue weighted by Crippen LogP contribution is -2.13. The lowest BCUT2D eigenvalue weighted by molar-refractivity contribution is 0.590. The SMILES string of the molecule is CC1=Cc2c(-c3ccc(C(C)(C)C)cc3)cccc2C1C1C(C)=C(C)c2c(-c3ccccc3)c3c(c(C)c21)CCC3. The Kier molecular flexibility index (Phi) is 6.06. The van der Waals surface area contributed by atoms with Crippen LogP contribution in [0.15, 0.2) is 83.9 Å². The van der Waals surface area contributed by atoms with Gasteiger partial charge in [-0.1, -0.05) is 111 Å². The van der Waals surface area contributed by atoms with Crippen LogP contribution in [0.25, 0.3) is 33.9 Å². The largest absolute Gasteiger partial charge is 0.0642 e. The van der Waals surface area contributed by atoms with Crippen LogP contribution in [-0.4, -0.2) is 0 Å². The first kappa shape index (κ1) is 26.3. The first-order valence-electron chi connectivity index (χ1n) is 15.5. The van der Waals surface area contributed by atoms with Gasteiger partial charge in [0.05, 0.1) is 0 Å². The summed E-state index contributed by atoms with van der Waals surface area (Å²) in [6.45, 7) is 16.5. The molecule has 0 heteroatoms. The maximum atomic E-state index is 2.49. The van der Waals surface area contributed by atoms with Crippen molar-refractivity contribution in [3.8, 4) is 22.3 Å². The molecule has 0 saturated heterocycles. The van der Waals surface area contributed by atoms with Gasteiger partial charge in [-0.3, -0.25) is 0 Å². The Morgan fingerprint density at radius 1 is 0.659 bits per heavy atom. The molecule has 0 spiro atoms. The van der Waals surface area contributed by atoms with Crippen LogP contribution in [0.4, 0.5) is 0 Å². The fourth-order valence-electron chi connectivity index (χ4n) is 8.26. The van der Waals surface area contributed by atoms with Gasteiger partial charge in [-0.2, -0.15) is 0 Å². The summed E-state index contributed by atoms with van der Waals surface area (Å²) in [5.41, 5.74) is 22.5. The van der Waals surface area contributed by atoms with E-state index < -0.39 is 0 Å². The molecule has 0 nitrogen and oxygen atoms in total.